The average molecular weight is 361 g/mol. The predicted molar refractivity (Wildman–Crippen MR) is 86.1 cm³/mol. The Kier molecular flexibility index (Phi) is 5.21. The summed E-state index contributed by atoms with van der Waals surface area (Å²) in [7, 11) is 3.92. The largest absolute Gasteiger partial charge is 0.355 e. The monoisotopic (exact) mass is 359 g/mol. The van der Waals surface area contributed by atoms with Crippen molar-refractivity contribution in [3.8, 4) is 0 Å². The lowest BCUT2D eigenvalue weighted by atomic mass is 10.3. The van der Waals surface area contributed by atoms with Crippen molar-refractivity contribution < 1.29 is 0 Å². The Bertz CT molecular complexity index is 559. The maximum absolute atomic E-state index is 6.12. The molecule has 6 heteroatoms. The Balaban J connectivity index is 2.14. The van der Waals surface area contributed by atoms with E-state index in [1.807, 2.05) is 26.2 Å². The highest BCUT2D eigenvalue weighted by molar-refractivity contribution is 9.11. The molecule has 2 rings (SSSR count). The molecule has 0 spiro atoms. The number of rotatable bonds is 5. The van der Waals surface area contributed by atoms with Crippen molar-refractivity contribution in [2.45, 2.75) is 13.1 Å². The molecule has 0 amide bonds. The fourth-order valence-corrected chi connectivity index (χ4v) is 3.13. The lowest BCUT2D eigenvalue weighted by molar-refractivity contribution is 0.783. The first kappa shape index (κ1) is 14.8. The molecule has 102 valence electrons. The number of nitrogens with zero attached hydrogens (tertiary/aromatic N) is 2. The van der Waals surface area contributed by atoms with Gasteiger partial charge in [0.1, 0.15) is 5.82 Å². The van der Waals surface area contributed by atoms with Gasteiger partial charge in [0.15, 0.2) is 0 Å². The molecule has 0 aliphatic rings. The first-order valence-corrected chi connectivity index (χ1v) is 7.89. The molecular formula is C13H15BrClN3S. The van der Waals surface area contributed by atoms with Gasteiger partial charge in [-0.2, -0.15) is 0 Å². The summed E-state index contributed by atoms with van der Waals surface area (Å²) in [4.78, 5) is 6.70. The van der Waals surface area contributed by atoms with Gasteiger partial charge in [0, 0.05) is 20.1 Å². The summed E-state index contributed by atoms with van der Waals surface area (Å²) < 4.78 is 1.15. The van der Waals surface area contributed by atoms with Gasteiger partial charge >= 0.3 is 0 Å². The fraction of sp³-hybridized carbons (Fsp3) is 0.308. The van der Waals surface area contributed by atoms with Crippen molar-refractivity contribution in [1.29, 1.82) is 0 Å². The first-order valence-electron chi connectivity index (χ1n) is 5.84. The van der Waals surface area contributed by atoms with Crippen LogP contribution in [0.2, 0.25) is 5.02 Å². The van der Waals surface area contributed by atoms with Crippen molar-refractivity contribution in [2.75, 3.05) is 19.0 Å². The molecule has 0 saturated carbocycles. The van der Waals surface area contributed by atoms with Gasteiger partial charge in [0.25, 0.3) is 0 Å². The maximum atomic E-state index is 6.12. The zero-order valence-electron chi connectivity index (χ0n) is 10.8. The van der Waals surface area contributed by atoms with E-state index in [4.69, 9.17) is 11.6 Å². The fourth-order valence-electron chi connectivity index (χ4n) is 1.76. The van der Waals surface area contributed by atoms with E-state index in [2.05, 4.69) is 42.6 Å². The predicted octanol–water partition coefficient (Wildman–Crippen LogP) is 3.91. The second kappa shape index (κ2) is 6.70. The summed E-state index contributed by atoms with van der Waals surface area (Å²) in [5, 5.41) is 5.92. The van der Waals surface area contributed by atoms with E-state index in [0.29, 0.717) is 11.6 Å². The summed E-state index contributed by atoms with van der Waals surface area (Å²) in [5.41, 5.74) is 2.14. The topological polar surface area (TPSA) is 28.2 Å². The van der Waals surface area contributed by atoms with Crippen molar-refractivity contribution in [3.63, 3.8) is 0 Å². The Hall–Kier alpha value is -0.620. The number of hydrogen-bond donors (Lipinski definition) is 1. The third kappa shape index (κ3) is 3.92. The van der Waals surface area contributed by atoms with Gasteiger partial charge in [-0.15, -0.1) is 11.3 Å². The number of hydrogen-bond acceptors (Lipinski definition) is 4. The SMILES string of the molecule is CNCc1nc(N(C)Cc2csc(Br)c2)ccc1Cl. The Morgan fingerprint density at radius 3 is 2.89 bits per heavy atom. The molecule has 19 heavy (non-hydrogen) atoms. The molecule has 0 unspecified atom stereocenters. The number of thiophene rings is 1. The van der Waals surface area contributed by atoms with Crippen molar-refractivity contribution in [1.82, 2.24) is 10.3 Å². The zero-order valence-corrected chi connectivity index (χ0v) is 13.9. The van der Waals surface area contributed by atoms with Crippen LogP contribution in [0.25, 0.3) is 0 Å². The number of halogens is 2. The number of pyridine rings is 1. The summed E-state index contributed by atoms with van der Waals surface area (Å²) in [6, 6.07) is 5.98. The van der Waals surface area contributed by atoms with Crippen molar-refractivity contribution >= 4 is 44.7 Å². The molecular weight excluding hydrogens is 346 g/mol. The molecule has 2 aromatic heterocycles. The number of anilines is 1. The smallest absolute Gasteiger partial charge is 0.129 e. The van der Waals surface area contributed by atoms with E-state index < -0.39 is 0 Å². The third-order valence-electron chi connectivity index (χ3n) is 2.68. The molecule has 0 radical (unpaired) electrons. The number of nitrogens with one attached hydrogen (secondary N) is 1. The van der Waals surface area contributed by atoms with Crippen molar-refractivity contribution in [3.05, 3.63) is 43.6 Å². The second-order valence-electron chi connectivity index (χ2n) is 4.24. The minimum absolute atomic E-state index is 0.671. The van der Waals surface area contributed by atoms with E-state index in [1.54, 1.807) is 11.3 Å². The number of aromatic nitrogens is 1. The molecule has 0 fully saturated rings. The molecule has 1 N–H and O–H groups in total. The van der Waals surface area contributed by atoms with Crippen LogP contribution >= 0.6 is 38.9 Å². The lowest BCUT2D eigenvalue weighted by Crippen LogP contribution is -2.18. The second-order valence-corrected chi connectivity index (χ2v) is 6.94. The van der Waals surface area contributed by atoms with Gasteiger partial charge in [-0.1, -0.05) is 11.6 Å². The quantitative estimate of drug-likeness (QED) is 0.876. The molecule has 0 atom stereocenters. The molecule has 2 aromatic rings. The Morgan fingerprint density at radius 2 is 2.26 bits per heavy atom. The third-order valence-corrected chi connectivity index (χ3v) is 4.58. The highest BCUT2D eigenvalue weighted by atomic mass is 79.9. The van der Waals surface area contributed by atoms with E-state index in [-0.39, 0.29) is 0 Å². The Morgan fingerprint density at radius 1 is 1.47 bits per heavy atom. The molecule has 0 aliphatic heterocycles. The van der Waals surface area contributed by atoms with Gasteiger partial charge in [-0.05, 0) is 52.1 Å². The van der Waals surface area contributed by atoms with Crippen LogP contribution in [0.15, 0.2) is 27.4 Å². The highest BCUT2D eigenvalue weighted by Crippen LogP contribution is 2.24. The zero-order chi connectivity index (χ0) is 13.8. The molecule has 0 bridgehead atoms. The molecule has 2 heterocycles. The maximum Gasteiger partial charge on any atom is 0.129 e. The van der Waals surface area contributed by atoms with E-state index in [1.165, 1.54) is 5.56 Å². The van der Waals surface area contributed by atoms with Crippen LogP contribution in [-0.2, 0) is 13.1 Å². The van der Waals surface area contributed by atoms with E-state index in [0.717, 1.165) is 21.8 Å². The normalized spacial score (nSPS) is 10.7. The van der Waals surface area contributed by atoms with Crippen LogP contribution in [0, 0.1) is 0 Å². The molecule has 0 saturated heterocycles. The lowest BCUT2D eigenvalue weighted by Gasteiger charge is -2.18. The van der Waals surface area contributed by atoms with Gasteiger partial charge in [0.2, 0.25) is 0 Å². The summed E-state index contributed by atoms with van der Waals surface area (Å²) >= 11 is 11.3. The summed E-state index contributed by atoms with van der Waals surface area (Å²) in [5.74, 6) is 0.928. The first-order chi connectivity index (χ1) is 9.10. The minimum Gasteiger partial charge on any atom is -0.355 e. The van der Waals surface area contributed by atoms with Crippen LogP contribution < -0.4 is 10.2 Å². The van der Waals surface area contributed by atoms with Crippen LogP contribution in [-0.4, -0.2) is 19.1 Å². The van der Waals surface area contributed by atoms with E-state index >= 15 is 0 Å². The van der Waals surface area contributed by atoms with E-state index in [9.17, 15) is 0 Å². The van der Waals surface area contributed by atoms with Gasteiger partial charge in [-0.25, -0.2) is 4.98 Å². The van der Waals surface area contributed by atoms with Crippen LogP contribution in [0.5, 0.6) is 0 Å². The Labute approximate surface area is 130 Å². The molecule has 0 aliphatic carbocycles. The van der Waals surface area contributed by atoms with Crippen LogP contribution in [0.1, 0.15) is 11.3 Å². The highest BCUT2D eigenvalue weighted by Gasteiger charge is 2.08. The van der Waals surface area contributed by atoms with Gasteiger partial charge in [-0.3, -0.25) is 0 Å². The standard InChI is InChI=1S/C13H15BrClN3S/c1-16-6-11-10(15)3-4-13(17-11)18(2)7-9-5-12(14)19-8-9/h3-5,8,16H,6-7H2,1-2H3. The van der Waals surface area contributed by atoms with Gasteiger partial charge < -0.3 is 10.2 Å². The summed E-state index contributed by atoms with van der Waals surface area (Å²) in [6.45, 7) is 1.50. The van der Waals surface area contributed by atoms with Crippen LogP contribution in [0.3, 0.4) is 0 Å². The minimum atomic E-state index is 0.671. The van der Waals surface area contributed by atoms with Gasteiger partial charge in [0.05, 0.1) is 14.5 Å². The summed E-state index contributed by atoms with van der Waals surface area (Å²) in [6.07, 6.45) is 0. The van der Waals surface area contributed by atoms with Crippen LogP contribution in [0.4, 0.5) is 5.82 Å². The average Bonchev–Trinajstić information content (AvgIpc) is 2.77. The molecule has 0 aromatic carbocycles. The van der Waals surface area contributed by atoms with Crippen molar-refractivity contribution in [2.24, 2.45) is 0 Å². The molecule has 3 nitrogen and oxygen atoms in total.